The maximum Gasteiger partial charge on any atom is 0.273 e. The topological polar surface area (TPSA) is 98.0 Å². The zero-order chi connectivity index (χ0) is 13.8. The Labute approximate surface area is 112 Å². The van der Waals surface area contributed by atoms with Crippen LogP contribution in [-0.4, -0.2) is 21.0 Å². The highest BCUT2D eigenvalue weighted by molar-refractivity contribution is 7.15. The van der Waals surface area contributed by atoms with Crippen molar-refractivity contribution in [2.24, 2.45) is 0 Å². The molecule has 0 unspecified atom stereocenters. The first-order valence-corrected chi connectivity index (χ1v) is 6.20. The van der Waals surface area contributed by atoms with Gasteiger partial charge in [0.15, 0.2) is 0 Å². The molecule has 2 rings (SSSR count). The molecule has 0 aliphatic heterocycles. The average molecular weight is 278 g/mol. The molecule has 1 aromatic carbocycles. The Balaban J connectivity index is 2.09. The number of nitrogens with one attached hydrogen (secondary N) is 1. The predicted molar refractivity (Wildman–Crippen MR) is 70.1 cm³/mol. The molecule has 0 aliphatic rings. The molecule has 0 fully saturated rings. The van der Waals surface area contributed by atoms with Crippen LogP contribution in [0.5, 0.6) is 0 Å². The molecule has 98 valence electrons. The summed E-state index contributed by atoms with van der Waals surface area (Å²) in [5.41, 5.74) is 0.303. The minimum atomic E-state index is -0.502. The molecule has 1 amide bonds. The molecule has 7 nitrogen and oxygen atoms in total. The number of nitro benzene ring substituents is 1. The highest BCUT2D eigenvalue weighted by Gasteiger charge is 2.16. The van der Waals surface area contributed by atoms with Gasteiger partial charge in [-0.05, 0) is 6.92 Å². The van der Waals surface area contributed by atoms with Crippen molar-refractivity contribution in [1.82, 2.24) is 10.2 Å². The number of anilines is 1. The number of rotatable bonds is 4. The van der Waals surface area contributed by atoms with Crippen LogP contribution >= 0.6 is 11.3 Å². The van der Waals surface area contributed by atoms with Crippen LogP contribution in [0.3, 0.4) is 0 Å². The Kier molecular flexibility index (Phi) is 3.81. The van der Waals surface area contributed by atoms with Crippen molar-refractivity contribution in [3.8, 4) is 0 Å². The van der Waals surface area contributed by atoms with Gasteiger partial charge in [-0.3, -0.25) is 14.9 Å². The van der Waals surface area contributed by atoms with Gasteiger partial charge in [0.25, 0.3) is 5.69 Å². The molecule has 0 saturated heterocycles. The number of benzene rings is 1. The maximum absolute atomic E-state index is 11.8. The molecule has 1 aromatic heterocycles. The molecule has 8 heteroatoms. The first-order valence-electron chi connectivity index (χ1n) is 5.38. The summed E-state index contributed by atoms with van der Waals surface area (Å²) in [5.74, 6) is -0.356. The van der Waals surface area contributed by atoms with Gasteiger partial charge in [0.2, 0.25) is 11.0 Å². The second-order valence-electron chi connectivity index (χ2n) is 3.74. The molecule has 0 bridgehead atoms. The van der Waals surface area contributed by atoms with E-state index in [0.717, 1.165) is 5.01 Å². The predicted octanol–water partition coefficient (Wildman–Crippen LogP) is 1.94. The molecule has 0 atom stereocenters. The smallest absolute Gasteiger partial charge is 0.273 e. The summed E-state index contributed by atoms with van der Waals surface area (Å²) in [6, 6.07) is 6.15. The van der Waals surface area contributed by atoms with Crippen molar-refractivity contribution in [2.45, 2.75) is 13.3 Å². The number of aryl methyl sites for hydroxylation is 1. The fraction of sp³-hybridized carbons (Fsp3) is 0.182. The number of hydrogen-bond donors (Lipinski definition) is 1. The van der Waals surface area contributed by atoms with Gasteiger partial charge in [-0.1, -0.05) is 29.5 Å². The zero-order valence-corrected chi connectivity index (χ0v) is 10.8. The van der Waals surface area contributed by atoms with Crippen LogP contribution in [-0.2, 0) is 11.2 Å². The lowest BCUT2D eigenvalue weighted by molar-refractivity contribution is -0.385. The SMILES string of the molecule is Cc1nnc(NC(=O)Cc2ccccc2[N+](=O)[O-])s1. The Hall–Kier alpha value is -2.35. The second-order valence-corrected chi connectivity index (χ2v) is 4.92. The molecule has 0 aliphatic carbocycles. The van der Waals surface area contributed by atoms with Crippen molar-refractivity contribution < 1.29 is 9.72 Å². The fourth-order valence-electron chi connectivity index (χ4n) is 1.52. The van der Waals surface area contributed by atoms with E-state index in [0.29, 0.717) is 10.7 Å². The molecule has 19 heavy (non-hydrogen) atoms. The van der Waals surface area contributed by atoms with Gasteiger partial charge in [-0.15, -0.1) is 10.2 Å². The van der Waals surface area contributed by atoms with E-state index in [4.69, 9.17) is 0 Å². The number of carbonyl (C=O) groups excluding carboxylic acids is 1. The largest absolute Gasteiger partial charge is 0.300 e. The van der Waals surface area contributed by atoms with Crippen molar-refractivity contribution in [3.05, 3.63) is 45.0 Å². The molecular weight excluding hydrogens is 268 g/mol. The normalized spacial score (nSPS) is 10.2. The minimum Gasteiger partial charge on any atom is -0.300 e. The van der Waals surface area contributed by atoms with Gasteiger partial charge in [0.05, 0.1) is 11.3 Å². The Morgan fingerprint density at radius 2 is 2.16 bits per heavy atom. The molecule has 1 heterocycles. The summed E-state index contributed by atoms with van der Waals surface area (Å²) >= 11 is 1.25. The third-order valence-electron chi connectivity index (χ3n) is 2.31. The zero-order valence-electron chi connectivity index (χ0n) is 9.99. The quantitative estimate of drug-likeness (QED) is 0.680. The van der Waals surface area contributed by atoms with Crippen LogP contribution in [0.1, 0.15) is 10.6 Å². The van der Waals surface area contributed by atoms with Crippen molar-refractivity contribution in [1.29, 1.82) is 0 Å². The van der Waals surface area contributed by atoms with Gasteiger partial charge in [0, 0.05) is 11.6 Å². The van der Waals surface area contributed by atoms with E-state index in [2.05, 4.69) is 15.5 Å². The second kappa shape index (κ2) is 5.53. The van der Waals surface area contributed by atoms with Crippen LogP contribution in [0, 0.1) is 17.0 Å². The van der Waals surface area contributed by atoms with Gasteiger partial charge in [-0.2, -0.15) is 0 Å². The van der Waals surface area contributed by atoms with E-state index in [1.807, 2.05) is 0 Å². The summed E-state index contributed by atoms with van der Waals surface area (Å²) in [6.07, 6.45) is -0.0736. The molecular formula is C11H10N4O3S. The average Bonchev–Trinajstić information content (AvgIpc) is 2.75. The van der Waals surface area contributed by atoms with E-state index in [1.54, 1.807) is 25.1 Å². The van der Waals surface area contributed by atoms with Crippen molar-refractivity contribution >= 4 is 28.1 Å². The number of amides is 1. The minimum absolute atomic E-state index is 0.0638. The summed E-state index contributed by atoms with van der Waals surface area (Å²) in [7, 11) is 0. The lowest BCUT2D eigenvalue weighted by Crippen LogP contribution is -2.15. The summed E-state index contributed by atoms with van der Waals surface area (Å²) in [6.45, 7) is 1.77. The molecule has 0 spiro atoms. The third-order valence-corrected chi connectivity index (χ3v) is 3.07. The van der Waals surface area contributed by atoms with Crippen LogP contribution in [0.2, 0.25) is 0 Å². The van der Waals surface area contributed by atoms with Gasteiger partial charge in [0.1, 0.15) is 5.01 Å². The molecule has 1 N–H and O–H groups in total. The number of hydrogen-bond acceptors (Lipinski definition) is 6. The Bertz CT molecular complexity index is 626. The lowest BCUT2D eigenvalue weighted by Gasteiger charge is -2.02. The Morgan fingerprint density at radius 1 is 1.42 bits per heavy atom. The van der Waals surface area contributed by atoms with Crippen molar-refractivity contribution in [3.63, 3.8) is 0 Å². The van der Waals surface area contributed by atoms with Gasteiger partial charge in [-0.25, -0.2) is 0 Å². The number of aromatic nitrogens is 2. The van der Waals surface area contributed by atoms with Crippen LogP contribution in [0.25, 0.3) is 0 Å². The third kappa shape index (κ3) is 3.32. The number of carbonyl (C=O) groups is 1. The van der Waals surface area contributed by atoms with Crippen LogP contribution in [0.4, 0.5) is 10.8 Å². The first kappa shape index (κ1) is 13.1. The van der Waals surface area contributed by atoms with E-state index in [-0.39, 0.29) is 18.0 Å². The first-order chi connectivity index (χ1) is 9.06. The van der Waals surface area contributed by atoms with E-state index < -0.39 is 4.92 Å². The number of para-hydroxylation sites is 1. The fourth-order valence-corrected chi connectivity index (χ4v) is 2.13. The Morgan fingerprint density at radius 3 is 2.79 bits per heavy atom. The summed E-state index contributed by atoms with van der Waals surface area (Å²) in [4.78, 5) is 22.1. The maximum atomic E-state index is 11.8. The summed E-state index contributed by atoms with van der Waals surface area (Å²) in [5, 5.41) is 22.0. The highest BCUT2D eigenvalue weighted by atomic mass is 32.1. The van der Waals surface area contributed by atoms with Crippen LogP contribution in [0.15, 0.2) is 24.3 Å². The van der Waals surface area contributed by atoms with Crippen molar-refractivity contribution in [2.75, 3.05) is 5.32 Å². The molecule has 0 radical (unpaired) electrons. The summed E-state index contributed by atoms with van der Waals surface area (Å²) < 4.78 is 0. The molecule has 0 saturated carbocycles. The highest BCUT2D eigenvalue weighted by Crippen LogP contribution is 2.19. The van der Waals surface area contributed by atoms with E-state index in [9.17, 15) is 14.9 Å². The number of nitrogens with zero attached hydrogens (tertiary/aromatic N) is 3. The van der Waals surface area contributed by atoms with Crippen LogP contribution < -0.4 is 5.32 Å². The lowest BCUT2D eigenvalue weighted by atomic mass is 10.1. The van der Waals surface area contributed by atoms with E-state index in [1.165, 1.54) is 17.4 Å². The van der Waals surface area contributed by atoms with Gasteiger partial charge >= 0.3 is 0 Å². The standard InChI is InChI=1S/C11H10N4O3S/c1-7-13-14-11(19-7)12-10(16)6-8-4-2-3-5-9(8)15(17)18/h2-5H,6H2,1H3,(H,12,14,16). The van der Waals surface area contributed by atoms with Gasteiger partial charge < -0.3 is 5.32 Å². The number of nitro groups is 1. The van der Waals surface area contributed by atoms with E-state index >= 15 is 0 Å². The molecule has 2 aromatic rings. The monoisotopic (exact) mass is 278 g/mol.